The molecule has 2 unspecified atom stereocenters. The van der Waals surface area contributed by atoms with Crippen LogP contribution in [0.3, 0.4) is 0 Å². The highest BCUT2D eigenvalue weighted by Gasteiger charge is 2.31. The smallest absolute Gasteiger partial charge is 0.237 e. The van der Waals surface area contributed by atoms with E-state index in [1.165, 1.54) is 0 Å². The second kappa shape index (κ2) is 8.45. The molecule has 2 atom stereocenters. The Kier molecular flexibility index (Phi) is 8.15. The van der Waals surface area contributed by atoms with Crippen molar-refractivity contribution < 1.29 is 14.3 Å². The lowest BCUT2D eigenvalue weighted by Gasteiger charge is -2.30. The van der Waals surface area contributed by atoms with Gasteiger partial charge in [-0.2, -0.15) is 0 Å². The summed E-state index contributed by atoms with van der Waals surface area (Å²) < 4.78 is 10.9. The van der Waals surface area contributed by atoms with Crippen molar-refractivity contribution in [3.05, 3.63) is 0 Å². The van der Waals surface area contributed by atoms with Gasteiger partial charge < -0.3 is 20.5 Å². The van der Waals surface area contributed by atoms with Gasteiger partial charge in [-0.15, -0.1) is 0 Å². The minimum absolute atomic E-state index is 0.0288. The van der Waals surface area contributed by atoms with Crippen LogP contribution in [0.4, 0.5) is 0 Å². The lowest BCUT2D eigenvalue weighted by molar-refractivity contribution is -0.125. The highest BCUT2D eigenvalue weighted by molar-refractivity contribution is 5.84. The van der Waals surface area contributed by atoms with Gasteiger partial charge in [0.15, 0.2) is 0 Å². The first-order chi connectivity index (χ1) is 8.31. The van der Waals surface area contributed by atoms with Crippen LogP contribution in [0.5, 0.6) is 0 Å². The van der Waals surface area contributed by atoms with Crippen LogP contribution in [-0.4, -0.2) is 43.4 Å². The molecule has 0 aliphatic heterocycles. The van der Waals surface area contributed by atoms with Gasteiger partial charge in [-0.1, -0.05) is 0 Å². The lowest BCUT2D eigenvalue weighted by atomic mass is 9.96. The minimum atomic E-state index is -0.723. The first-order valence-electron chi connectivity index (χ1n) is 6.58. The maximum atomic E-state index is 11.5. The van der Waals surface area contributed by atoms with Crippen LogP contribution >= 0.6 is 0 Å². The van der Waals surface area contributed by atoms with Gasteiger partial charge in [0.25, 0.3) is 0 Å². The molecule has 0 spiro atoms. The molecule has 0 saturated heterocycles. The molecule has 0 aliphatic rings. The summed E-state index contributed by atoms with van der Waals surface area (Å²) in [5.41, 5.74) is 4.71. The van der Waals surface area contributed by atoms with Crippen LogP contribution in [0.2, 0.25) is 0 Å². The fraction of sp³-hybridized carbons (Fsp3) is 0.923. The number of primary amides is 1. The molecule has 0 aromatic carbocycles. The van der Waals surface area contributed by atoms with Gasteiger partial charge in [0, 0.05) is 19.3 Å². The number of carbonyl (C=O) groups is 1. The Morgan fingerprint density at radius 2 is 2.00 bits per heavy atom. The fourth-order valence-corrected chi connectivity index (χ4v) is 1.70. The van der Waals surface area contributed by atoms with Gasteiger partial charge in [0.2, 0.25) is 5.91 Å². The largest absolute Gasteiger partial charge is 0.379 e. The molecule has 18 heavy (non-hydrogen) atoms. The molecule has 0 saturated carbocycles. The number of rotatable bonds is 10. The van der Waals surface area contributed by atoms with Crippen LogP contribution in [0.1, 0.15) is 41.0 Å². The van der Waals surface area contributed by atoms with E-state index < -0.39 is 5.54 Å². The van der Waals surface area contributed by atoms with E-state index >= 15 is 0 Å². The zero-order valence-corrected chi connectivity index (χ0v) is 12.3. The number of nitrogens with two attached hydrogens (primary N) is 1. The van der Waals surface area contributed by atoms with E-state index in [1.54, 1.807) is 0 Å². The molecule has 1 amide bonds. The highest BCUT2D eigenvalue weighted by atomic mass is 16.5. The molecule has 5 nitrogen and oxygen atoms in total. The molecule has 0 fully saturated rings. The number of hydrogen-bond acceptors (Lipinski definition) is 4. The standard InChI is InChI=1S/C13H28N2O3/c1-6-17-9-11(4)18-8-7-13(5,12(14)16)15-10(2)3/h10-11,15H,6-9H2,1-5H3,(H2,14,16). The molecule has 0 aromatic heterocycles. The Labute approximate surface area is 110 Å². The third kappa shape index (κ3) is 6.93. The molecule has 0 aliphatic carbocycles. The number of carbonyl (C=O) groups excluding carboxylic acids is 1. The van der Waals surface area contributed by atoms with E-state index in [4.69, 9.17) is 15.2 Å². The van der Waals surface area contributed by atoms with Crippen LogP contribution in [0, 0.1) is 0 Å². The predicted molar refractivity (Wildman–Crippen MR) is 72.4 cm³/mol. The summed E-state index contributed by atoms with van der Waals surface area (Å²) in [6.45, 7) is 11.4. The molecule has 0 rings (SSSR count). The van der Waals surface area contributed by atoms with Crippen LogP contribution in [0.15, 0.2) is 0 Å². The maximum absolute atomic E-state index is 11.5. The average Bonchev–Trinajstić information content (AvgIpc) is 2.25. The highest BCUT2D eigenvalue weighted by Crippen LogP contribution is 2.11. The van der Waals surface area contributed by atoms with E-state index in [0.717, 1.165) is 0 Å². The quantitative estimate of drug-likeness (QED) is 0.616. The summed E-state index contributed by atoms with van der Waals surface area (Å²) in [5.74, 6) is -0.350. The summed E-state index contributed by atoms with van der Waals surface area (Å²) in [7, 11) is 0. The first-order valence-corrected chi connectivity index (χ1v) is 6.58. The summed E-state index contributed by atoms with van der Waals surface area (Å²) >= 11 is 0. The normalized spacial score (nSPS) is 16.6. The molecule has 0 heterocycles. The number of nitrogens with one attached hydrogen (secondary N) is 1. The maximum Gasteiger partial charge on any atom is 0.237 e. The third-order valence-electron chi connectivity index (χ3n) is 2.71. The van der Waals surface area contributed by atoms with E-state index in [1.807, 2.05) is 34.6 Å². The second-order valence-electron chi connectivity index (χ2n) is 5.09. The molecule has 5 heteroatoms. The molecule has 108 valence electrons. The van der Waals surface area contributed by atoms with Gasteiger partial charge in [-0.3, -0.25) is 4.79 Å². The Morgan fingerprint density at radius 1 is 1.39 bits per heavy atom. The lowest BCUT2D eigenvalue weighted by Crippen LogP contribution is -2.56. The predicted octanol–water partition coefficient (Wildman–Crippen LogP) is 1.06. The first kappa shape index (κ1) is 17.4. The monoisotopic (exact) mass is 260 g/mol. The zero-order chi connectivity index (χ0) is 14.2. The van der Waals surface area contributed by atoms with Crippen LogP contribution < -0.4 is 11.1 Å². The molecular weight excluding hydrogens is 232 g/mol. The Balaban J connectivity index is 4.08. The van der Waals surface area contributed by atoms with E-state index in [2.05, 4.69) is 5.32 Å². The van der Waals surface area contributed by atoms with E-state index in [-0.39, 0.29) is 18.1 Å². The second-order valence-corrected chi connectivity index (χ2v) is 5.09. The van der Waals surface area contributed by atoms with Crippen molar-refractivity contribution in [1.82, 2.24) is 5.32 Å². The molecule has 3 N–H and O–H groups in total. The summed E-state index contributed by atoms with van der Waals surface area (Å²) in [4.78, 5) is 11.5. The SMILES string of the molecule is CCOCC(C)OCCC(C)(NC(C)C)C(N)=O. The van der Waals surface area contributed by atoms with Crippen molar-refractivity contribution in [2.45, 2.75) is 58.7 Å². The minimum Gasteiger partial charge on any atom is -0.379 e. The molecule has 0 bridgehead atoms. The van der Waals surface area contributed by atoms with Crippen molar-refractivity contribution in [2.24, 2.45) is 5.73 Å². The van der Waals surface area contributed by atoms with Crippen molar-refractivity contribution in [1.29, 1.82) is 0 Å². The van der Waals surface area contributed by atoms with Crippen molar-refractivity contribution in [3.63, 3.8) is 0 Å². The molecule has 0 aromatic rings. The van der Waals surface area contributed by atoms with Gasteiger partial charge in [-0.25, -0.2) is 0 Å². The average molecular weight is 260 g/mol. The molecule has 0 radical (unpaired) electrons. The van der Waals surface area contributed by atoms with Crippen LogP contribution in [-0.2, 0) is 14.3 Å². The van der Waals surface area contributed by atoms with Gasteiger partial charge in [0.1, 0.15) is 0 Å². The van der Waals surface area contributed by atoms with Crippen LogP contribution in [0.25, 0.3) is 0 Å². The number of hydrogen-bond donors (Lipinski definition) is 2. The van der Waals surface area contributed by atoms with E-state index in [0.29, 0.717) is 26.2 Å². The number of amides is 1. The van der Waals surface area contributed by atoms with Gasteiger partial charge in [0.05, 0.1) is 18.2 Å². The third-order valence-corrected chi connectivity index (χ3v) is 2.71. The Hall–Kier alpha value is -0.650. The van der Waals surface area contributed by atoms with Crippen molar-refractivity contribution in [2.75, 3.05) is 19.8 Å². The Bertz CT molecular complexity index is 246. The fourth-order valence-electron chi connectivity index (χ4n) is 1.70. The summed E-state index contributed by atoms with van der Waals surface area (Å²) in [5, 5.41) is 3.19. The topological polar surface area (TPSA) is 73.6 Å². The molecular formula is C13H28N2O3. The van der Waals surface area contributed by atoms with Gasteiger partial charge in [-0.05, 0) is 41.0 Å². The summed E-state index contributed by atoms with van der Waals surface area (Å²) in [6.07, 6.45) is 0.581. The Morgan fingerprint density at radius 3 is 2.44 bits per heavy atom. The van der Waals surface area contributed by atoms with Crippen molar-refractivity contribution in [3.8, 4) is 0 Å². The van der Waals surface area contributed by atoms with E-state index in [9.17, 15) is 4.79 Å². The van der Waals surface area contributed by atoms with Crippen molar-refractivity contribution >= 4 is 5.91 Å². The number of ether oxygens (including phenoxy) is 2. The zero-order valence-electron chi connectivity index (χ0n) is 12.3. The van der Waals surface area contributed by atoms with Gasteiger partial charge >= 0.3 is 0 Å². The summed E-state index contributed by atoms with van der Waals surface area (Å²) in [6, 6.07) is 0.198.